The first-order valence-corrected chi connectivity index (χ1v) is 10.3. The highest BCUT2D eigenvalue weighted by molar-refractivity contribution is 7.11. The van der Waals surface area contributed by atoms with Crippen molar-refractivity contribution in [2.75, 3.05) is 13.1 Å². The number of hydrogen-bond donors (Lipinski definition) is 2. The molecule has 0 aliphatic carbocycles. The number of nitrogens with one attached hydrogen (secondary N) is 2. The van der Waals surface area contributed by atoms with Crippen LogP contribution in [0, 0.1) is 13.8 Å². The highest BCUT2D eigenvalue weighted by Gasteiger charge is 2.22. The molecule has 0 fully saturated rings. The maximum atomic E-state index is 4.76. The highest BCUT2D eigenvalue weighted by atomic mass is 32.1. The average molecular weight is 376 g/mol. The fraction of sp³-hybridized carbons (Fsp3) is 0.667. The van der Waals surface area contributed by atoms with E-state index in [0.717, 1.165) is 73.6 Å². The normalized spacial score (nSPS) is 17.2. The van der Waals surface area contributed by atoms with Gasteiger partial charge < -0.3 is 10.6 Å². The Bertz CT molecular complexity index is 762. The molecule has 0 saturated heterocycles. The number of aryl methyl sites for hydroxylation is 4. The number of fused-ring (bicyclic) bond motifs is 1. The minimum Gasteiger partial charge on any atom is -0.357 e. The second-order valence-corrected chi connectivity index (χ2v) is 7.90. The van der Waals surface area contributed by atoms with E-state index in [-0.39, 0.29) is 0 Å². The molecule has 142 valence electrons. The third-order valence-electron chi connectivity index (χ3n) is 4.51. The number of nitrogens with zero attached hydrogens (tertiary/aromatic N) is 5. The molecule has 26 heavy (non-hydrogen) atoms. The maximum absolute atomic E-state index is 4.76. The van der Waals surface area contributed by atoms with E-state index in [2.05, 4.69) is 53.4 Å². The lowest BCUT2D eigenvalue weighted by Crippen LogP contribution is -2.47. The molecule has 2 aromatic rings. The van der Waals surface area contributed by atoms with E-state index in [1.165, 1.54) is 4.88 Å². The molecule has 2 aromatic heterocycles. The van der Waals surface area contributed by atoms with Crippen LogP contribution >= 0.6 is 11.3 Å². The predicted molar refractivity (Wildman–Crippen MR) is 106 cm³/mol. The van der Waals surface area contributed by atoms with E-state index < -0.39 is 0 Å². The van der Waals surface area contributed by atoms with Crippen LogP contribution in [0.25, 0.3) is 0 Å². The standard InChI is InChI=1S/C18H29N7S/c1-5-16-23-17-8-7-14(11-25(17)24-16)22-18(19-6-2)20-10-9-15-12(3)21-13(4)26-15/h14H,5-11H2,1-4H3,(H2,19,20,22). The highest BCUT2D eigenvalue weighted by Crippen LogP contribution is 2.17. The molecule has 3 heterocycles. The largest absolute Gasteiger partial charge is 0.357 e. The molecule has 1 unspecified atom stereocenters. The van der Waals surface area contributed by atoms with Crippen molar-refractivity contribution in [2.24, 2.45) is 4.99 Å². The van der Waals surface area contributed by atoms with Gasteiger partial charge in [-0.2, -0.15) is 5.10 Å². The molecule has 0 radical (unpaired) electrons. The zero-order valence-electron chi connectivity index (χ0n) is 16.2. The molecule has 0 amide bonds. The van der Waals surface area contributed by atoms with Gasteiger partial charge in [-0.15, -0.1) is 11.3 Å². The Morgan fingerprint density at radius 1 is 1.31 bits per heavy atom. The molecule has 7 nitrogen and oxygen atoms in total. The fourth-order valence-electron chi connectivity index (χ4n) is 3.22. The van der Waals surface area contributed by atoms with Gasteiger partial charge in [0.05, 0.1) is 17.2 Å². The lowest BCUT2D eigenvalue weighted by Gasteiger charge is -2.25. The maximum Gasteiger partial charge on any atom is 0.191 e. The van der Waals surface area contributed by atoms with Crippen LogP contribution in [-0.4, -0.2) is 44.8 Å². The van der Waals surface area contributed by atoms with Crippen LogP contribution in [0.2, 0.25) is 0 Å². The van der Waals surface area contributed by atoms with Crippen molar-refractivity contribution >= 4 is 17.3 Å². The van der Waals surface area contributed by atoms with Gasteiger partial charge in [0.15, 0.2) is 11.8 Å². The quantitative estimate of drug-likeness (QED) is 0.596. The topological polar surface area (TPSA) is 80.0 Å². The fourth-order valence-corrected chi connectivity index (χ4v) is 4.14. The molecular weight excluding hydrogens is 346 g/mol. The van der Waals surface area contributed by atoms with Gasteiger partial charge >= 0.3 is 0 Å². The summed E-state index contributed by atoms with van der Waals surface area (Å²) in [5.74, 6) is 2.94. The van der Waals surface area contributed by atoms with Crippen molar-refractivity contribution in [1.82, 2.24) is 30.4 Å². The van der Waals surface area contributed by atoms with Crippen LogP contribution in [-0.2, 0) is 25.8 Å². The summed E-state index contributed by atoms with van der Waals surface area (Å²) in [5, 5.41) is 12.6. The summed E-state index contributed by atoms with van der Waals surface area (Å²) in [6.45, 7) is 10.8. The van der Waals surface area contributed by atoms with Crippen LogP contribution < -0.4 is 10.6 Å². The van der Waals surface area contributed by atoms with E-state index in [9.17, 15) is 0 Å². The predicted octanol–water partition coefficient (Wildman–Crippen LogP) is 2.03. The second kappa shape index (κ2) is 8.62. The molecule has 8 heteroatoms. The summed E-state index contributed by atoms with van der Waals surface area (Å²) < 4.78 is 2.05. The lowest BCUT2D eigenvalue weighted by atomic mass is 10.1. The Morgan fingerprint density at radius 3 is 2.85 bits per heavy atom. The number of hydrogen-bond acceptors (Lipinski definition) is 5. The van der Waals surface area contributed by atoms with Gasteiger partial charge in [0, 0.05) is 43.3 Å². The molecule has 1 aliphatic heterocycles. The van der Waals surface area contributed by atoms with E-state index >= 15 is 0 Å². The summed E-state index contributed by atoms with van der Waals surface area (Å²) >= 11 is 1.77. The molecule has 1 aliphatic rings. The minimum absolute atomic E-state index is 0.332. The van der Waals surface area contributed by atoms with Gasteiger partial charge in [0.1, 0.15) is 5.82 Å². The van der Waals surface area contributed by atoms with Crippen LogP contribution in [0.3, 0.4) is 0 Å². The Labute approximate surface area is 159 Å². The monoisotopic (exact) mass is 375 g/mol. The number of guanidine groups is 1. The third kappa shape index (κ3) is 4.60. The van der Waals surface area contributed by atoms with Crippen molar-refractivity contribution in [3.63, 3.8) is 0 Å². The molecule has 2 N–H and O–H groups in total. The second-order valence-electron chi connectivity index (χ2n) is 6.61. The van der Waals surface area contributed by atoms with Crippen molar-refractivity contribution in [2.45, 2.75) is 66.0 Å². The Hall–Kier alpha value is -1.96. The molecule has 1 atom stereocenters. The van der Waals surface area contributed by atoms with Crippen LogP contribution in [0.15, 0.2) is 4.99 Å². The van der Waals surface area contributed by atoms with Crippen LogP contribution in [0.5, 0.6) is 0 Å². The van der Waals surface area contributed by atoms with E-state index in [1.54, 1.807) is 11.3 Å². The molecule has 3 rings (SSSR count). The van der Waals surface area contributed by atoms with Gasteiger partial charge in [-0.1, -0.05) is 6.92 Å². The third-order valence-corrected chi connectivity index (χ3v) is 5.64. The number of aromatic nitrogens is 4. The Kier molecular flexibility index (Phi) is 6.24. The average Bonchev–Trinajstić information content (AvgIpc) is 3.17. The van der Waals surface area contributed by atoms with Gasteiger partial charge in [-0.3, -0.25) is 4.99 Å². The van der Waals surface area contributed by atoms with E-state index in [4.69, 9.17) is 4.99 Å². The number of thiazole rings is 1. The van der Waals surface area contributed by atoms with Crippen molar-refractivity contribution < 1.29 is 0 Å². The summed E-state index contributed by atoms with van der Waals surface area (Å²) in [4.78, 5) is 15.2. The Morgan fingerprint density at radius 2 is 2.15 bits per heavy atom. The minimum atomic E-state index is 0.332. The summed E-state index contributed by atoms with van der Waals surface area (Å²) in [6.07, 6.45) is 3.84. The van der Waals surface area contributed by atoms with Crippen LogP contribution in [0.1, 0.15) is 47.5 Å². The van der Waals surface area contributed by atoms with Gasteiger partial charge in [0.25, 0.3) is 0 Å². The molecular formula is C18H29N7S. The zero-order valence-corrected chi connectivity index (χ0v) is 17.0. The van der Waals surface area contributed by atoms with E-state index in [1.807, 2.05) is 4.68 Å². The summed E-state index contributed by atoms with van der Waals surface area (Å²) in [5.41, 5.74) is 1.14. The first kappa shape index (κ1) is 18.8. The molecule has 0 saturated carbocycles. The van der Waals surface area contributed by atoms with Crippen molar-refractivity contribution in [1.29, 1.82) is 0 Å². The first-order valence-electron chi connectivity index (χ1n) is 9.49. The lowest BCUT2D eigenvalue weighted by molar-refractivity contribution is 0.392. The molecule has 0 bridgehead atoms. The Balaban J connectivity index is 1.58. The molecule has 0 aromatic carbocycles. The van der Waals surface area contributed by atoms with Crippen molar-refractivity contribution in [3.8, 4) is 0 Å². The first-order chi connectivity index (χ1) is 12.6. The summed E-state index contributed by atoms with van der Waals surface area (Å²) in [7, 11) is 0. The van der Waals surface area contributed by atoms with Crippen molar-refractivity contribution in [3.05, 3.63) is 27.2 Å². The SMILES string of the molecule is CCNC(=NCCc1sc(C)nc1C)NC1CCc2nc(CC)nn2C1. The van der Waals surface area contributed by atoms with Gasteiger partial charge in [-0.25, -0.2) is 14.6 Å². The van der Waals surface area contributed by atoms with Gasteiger partial charge in [0.2, 0.25) is 0 Å². The number of aliphatic imine (C=N–C) groups is 1. The summed E-state index contributed by atoms with van der Waals surface area (Å²) in [6, 6.07) is 0.332. The smallest absolute Gasteiger partial charge is 0.191 e. The molecule has 0 spiro atoms. The van der Waals surface area contributed by atoms with E-state index in [0.29, 0.717) is 6.04 Å². The zero-order chi connectivity index (χ0) is 18.5. The number of rotatable bonds is 6. The van der Waals surface area contributed by atoms with Crippen LogP contribution in [0.4, 0.5) is 0 Å². The van der Waals surface area contributed by atoms with Gasteiger partial charge in [-0.05, 0) is 27.2 Å².